The van der Waals surface area contributed by atoms with Gasteiger partial charge in [-0.15, -0.1) is 23.1 Å². The van der Waals surface area contributed by atoms with Crippen molar-refractivity contribution in [2.24, 2.45) is 5.73 Å². The third-order valence-corrected chi connectivity index (χ3v) is 5.70. The van der Waals surface area contributed by atoms with Crippen LogP contribution in [0.25, 0.3) is 11.1 Å². The zero-order valence-electron chi connectivity index (χ0n) is 16.5. The van der Waals surface area contributed by atoms with E-state index in [1.807, 2.05) is 18.4 Å². The highest BCUT2D eigenvalue weighted by Crippen LogP contribution is 2.41. The van der Waals surface area contributed by atoms with E-state index in [1.54, 1.807) is 19.1 Å². The van der Waals surface area contributed by atoms with Crippen molar-refractivity contribution in [1.29, 1.82) is 5.26 Å². The van der Waals surface area contributed by atoms with Crippen LogP contribution in [0.3, 0.4) is 0 Å². The van der Waals surface area contributed by atoms with Crippen LogP contribution in [0.1, 0.15) is 22.2 Å². The number of hydrogen-bond donors (Lipinski definition) is 2. The number of carboxylic acids is 1. The van der Waals surface area contributed by atoms with Crippen LogP contribution in [0.2, 0.25) is 0 Å². The lowest BCUT2D eigenvalue weighted by molar-refractivity contribution is -0.192. The zero-order chi connectivity index (χ0) is 23.6. The summed E-state index contributed by atoms with van der Waals surface area (Å²) in [4.78, 5) is 21.6. The van der Waals surface area contributed by atoms with Gasteiger partial charge in [-0.1, -0.05) is 12.1 Å². The van der Waals surface area contributed by atoms with Crippen molar-refractivity contribution >= 4 is 35.0 Å². The summed E-state index contributed by atoms with van der Waals surface area (Å²) in [6, 6.07) is 9.49. The number of alkyl halides is 3. The third kappa shape index (κ3) is 7.46. The predicted molar refractivity (Wildman–Crippen MR) is 110 cm³/mol. The van der Waals surface area contributed by atoms with Crippen molar-refractivity contribution < 1.29 is 37.3 Å². The van der Waals surface area contributed by atoms with Gasteiger partial charge < -0.3 is 20.3 Å². The summed E-state index contributed by atoms with van der Waals surface area (Å²) < 4.78 is 43.1. The molecule has 0 unspecified atom stereocenters. The van der Waals surface area contributed by atoms with Crippen molar-refractivity contribution in [2.45, 2.75) is 17.3 Å². The number of rotatable bonds is 7. The van der Waals surface area contributed by atoms with Crippen LogP contribution in [-0.4, -0.2) is 49.2 Å². The molecule has 1 aromatic carbocycles. The topological polar surface area (TPSA) is 123 Å². The van der Waals surface area contributed by atoms with Gasteiger partial charge in [0.15, 0.2) is 0 Å². The highest BCUT2D eigenvalue weighted by Gasteiger charge is 2.38. The Morgan fingerprint density at radius 2 is 1.87 bits per heavy atom. The average molecular weight is 476 g/mol. The average Bonchev–Trinajstić information content (AvgIpc) is 3.11. The molecule has 0 fully saturated rings. The Kier molecular flexibility index (Phi) is 10.3. The largest absolute Gasteiger partial charge is 0.492 e. The number of nitrogens with two attached hydrogens (primary N) is 1. The van der Waals surface area contributed by atoms with Crippen molar-refractivity contribution in [3.05, 3.63) is 34.7 Å². The zero-order valence-corrected chi connectivity index (χ0v) is 18.1. The Morgan fingerprint density at radius 1 is 1.29 bits per heavy atom. The number of esters is 1. The summed E-state index contributed by atoms with van der Waals surface area (Å²) in [6.45, 7) is 2.93. The van der Waals surface area contributed by atoms with Crippen molar-refractivity contribution in [1.82, 2.24) is 0 Å². The first-order valence-corrected chi connectivity index (χ1v) is 10.7. The number of carbonyl (C=O) groups is 2. The number of aliphatic carboxylic acids is 1. The van der Waals surface area contributed by atoms with Gasteiger partial charge in [-0.05, 0) is 30.9 Å². The minimum absolute atomic E-state index is 0.290. The molecule has 168 valence electrons. The first kappa shape index (κ1) is 26.3. The van der Waals surface area contributed by atoms with Crippen LogP contribution in [0.15, 0.2) is 28.5 Å². The minimum atomic E-state index is -5.08. The fourth-order valence-corrected chi connectivity index (χ4v) is 4.00. The molecule has 0 aliphatic rings. The lowest BCUT2D eigenvalue weighted by Crippen LogP contribution is -2.21. The molecule has 12 heteroatoms. The van der Waals surface area contributed by atoms with E-state index in [9.17, 15) is 23.2 Å². The van der Waals surface area contributed by atoms with Gasteiger partial charge in [0.2, 0.25) is 0 Å². The molecule has 0 aliphatic heterocycles. The molecule has 0 atom stereocenters. The Morgan fingerprint density at radius 3 is 2.29 bits per heavy atom. The van der Waals surface area contributed by atoms with Gasteiger partial charge in [-0.2, -0.15) is 18.4 Å². The molecular weight excluding hydrogens is 457 g/mol. The monoisotopic (exact) mass is 476 g/mol. The van der Waals surface area contributed by atoms with Gasteiger partial charge in [0.1, 0.15) is 23.3 Å². The molecule has 31 heavy (non-hydrogen) atoms. The molecule has 0 spiro atoms. The van der Waals surface area contributed by atoms with Gasteiger partial charge in [-0.3, -0.25) is 0 Å². The number of benzene rings is 1. The summed E-state index contributed by atoms with van der Waals surface area (Å²) in [6.07, 6.45) is -3.20. The Balaban J connectivity index is 0.000000592. The van der Waals surface area contributed by atoms with Gasteiger partial charge in [-0.25, -0.2) is 9.59 Å². The molecule has 0 radical (unpaired) electrons. The third-order valence-electron chi connectivity index (χ3n) is 3.41. The smallest absolute Gasteiger partial charge is 0.490 e. The first-order chi connectivity index (χ1) is 14.6. The van der Waals surface area contributed by atoms with Crippen LogP contribution in [0.4, 0.5) is 13.2 Å². The molecule has 0 saturated heterocycles. The highest BCUT2D eigenvalue weighted by atomic mass is 32.2. The lowest BCUT2D eigenvalue weighted by Gasteiger charge is -2.07. The number of ether oxygens (including phenoxy) is 2. The maximum atomic E-state index is 12.3. The molecule has 7 nitrogen and oxygen atoms in total. The van der Waals surface area contributed by atoms with Crippen molar-refractivity contribution in [3.63, 3.8) is 0 Å². The maximum absolute atomic E-state index is 12.3. The number of thioether (sulfide) groups is 1. The molecule has 2 rings (SSSR count). The van der Waals surface area contributed by atoms with Crippen LogP contribution >= 0.6 is 23.1 Å². The van der Waals surface area contributed by atoms with E-state index in [1.165, 1.54) is 23.1 Å². The normalized spacial score (nSPS) is 10.5. The van der Waals surface area contributed by atoms with E-state index in [4.69, 9.17) is 25.1 Å². The van der Waals surface area contributed by atoms with Crippen LogP contribution in [-0.2, 0) is 9.53 Å². The number of halogens is 3. The van der Waals surface area contributed by atoms with Crippen molar-refractivity contribution in [2.75, 3.05) is 26.0 Å². The molecule has 1 aromatic heterocycles. The summed E-state index contributed by atoms with van der Waals surface area (Å²) in [5.41, 5.74) is 7.33. The van der Waals surface area contributed by atoms with Crippen LogP contribution in [0.5, 0.6) is 5.75 Å². The fraction of sp³-hybridized carbons (Fsp3) is 0.316. The number of hydrogen-bond acceptors (Lipinski definition) is 8. The Labute approximate surface area is 184 Å². The fourth-order valence-electron chi connectivity index (χ4n) is 2.17. The molecule has 0 aliphatic carbocycles. The molecule has 0 amide bonds. The minimum Gasteiger partial charge on any atom is -0.492 e. The number of nitrogens with zero attached hydrogens (tertiary/aromatic N) is 1. The number of carboxylic acid groups (broad SMARTS) is 1. The van der Waals surface area contributed by atoms with E-state index in [-0.39, 0.29) is 0 Å². The lowest BCUT2D eigenvalue weighted by atomic mass is 10.0. The van der Waals surface area contributed by atoms with E-state index in [2.05, 4.69) is 6.07 Å². The second-order valence-electron chi connectivity index (χ2n) is 5.47. The quantitative estimate of drug-likeness (QED) is 0.451. The number of nitriles is 1. The van der Waals surface area contributed by atoms with E-state index < -0.39 is 18.1 Å². The van der Waals surface area contributed by atoms with E-state index in [0.29, 0.717) is 41.5 Å². The second-order valence-corrected chi connectivity index (χ2v) is 7.57. The second kappa shape index (κ2) is 12.2. The number of thiophene rings is 1. The van der Waals surface area contributed by atoms with E-state index >= 15 is 0 Å². The summed E-state index contributed by atoms with van der Waals surface area (Å²) in [7, 11) is 0. The maximum Gasteiger partial charge on any atom is 0.490 e. The summed E-state index contributed by atoms with van der Waals surface area (Å²) in [5, 5.41) is 16.7. The molecule has 0 bridgehead atoms. The first-order valence-electron chi connectivity index (χ1n) is 8.62. The van der Waals surface area contributed by atoms with Crippen LogP contribution in [0, 0.1) is 11.3 Å². The van der Waals surface area contributed by atoms with Crippen molar-refractivity contribution in [3.8, 4) is 22.9 Å². The summed E-state index contributed by atoms with van der Waals surface area (Å²) >= 11 is 2.74. The molecule has 2 aromatic rings. The van der Waals surface area contributed by atoms with Crippen LogP contribution < -0.4 is 10.5 Å². The Hall–Kier alpha value is -2.75. The predicted octanol–water partition coefficient (Wildman–Crippen LogP) is 4.16. The highest BCUT2D eigenvalue weighted by molar-refractivity contribution is 8.00. The SMILES string of the molecule is CCOC(=O)c1sc(SC)c(C#N)c1-c1ccc(OCCN)cc1.O=C(O)C(F)(F)F. The summed E-state index contributed by atoms with van der Waals surface area (Å²) in [5.74, 6) is -2.47. The van der Waals surface area contributed by atoms with Gasteiger partial charge >= 0.3 is 18.1 Å². The van der Waals surface area contributed by atoms with Gasteiger partial charge in [0.25, 0.3) is 0 Å². The van der Waals surface area contributed by atoms with E-state index in [0.717, 1.165) is 9.77 Å². The molecule has 0 saturated carbocycles. The standard InChI is InChI=1S/C17H18N2O3S2.C2HF3O2/c1-3-21-16(20)15-14(13(10-19)17(23-2)24-15)11-4-6-12(7-5-11)22-9-8-18;3-2(4,5)1(6)7/h4-7H,3,8-9,18H2,1-2H3;(H,6,7). The molecule has 3 N–H and O–H groups in total. The Bertz CT molecular complexity index is 938. The molecule has 1 heterocycles. The van der Waals surface area contributed by atoms with Gasteiger partial charge in [0.05, 0.1) is 16.4 Å². The molecular formula is C19H19F3N2O5S2. The van der Waals surface area contributed by atoms with Gasteiger partial charge in [0, 0.05) is 12.1 Å². The number of carbonyl (C=O) groups excluding carboxylic acids is 1.